The van der Waals surface area contributed by atoms with E-state index in [-0.39, 0.29) is 70.1 Å². The van der Waals surface area contributed by atoms with Gasteiger partial charge < -0.3 is 43.0 Å². The van der Waals surface area contributed by atoms with Crippen LogP contribution < -0.4 is 43.0 Å². The molecule has 29 nitrogen and oxygen atoms in total. The Labute approximate surface area is 522 Å². The zero-order chi connectivity index (χ0) is 61.8. The van der Waals surface area contributed by atoms with E-state index < -0.39 is 17.7 Å². The summed E-state index contributed by atoms with van der Waals surface area (Å²) in [5.41, 5.74) is 20.9. The number of carbonyl (C=O) groups excluding carboxylic acids is 6. The second kappa shape index (κ2) is 31.2. The lowest BCUT2D eigenvalue weighted by atomic mass is 10.0. The molecule has 12 rings (SSSR count). The van der Waals surface area contributed by atoms with Gasteiger partial charge >= 0.3 is 0 Å². The van der Waals surface area contributed by atoms with Gasteiger partial charge in [0, 0.05) is 92.6 Å². The molecule has 9 aromatic rings. The Morgan fingerprint density at radius 2 is 0.920 bits per heavy atom. The first-order valence-electron chi connectivity index (χ1n) is 27.2. The summed E-state index contributed by atoms with van der Waals surface area (Å²) in [6.07, 6.45) is 8.81. The van der Waals surface area contributed by atoms with Crippen molar-refractivity contribution < 1.29 is 28.8 Å². The summed E-state index contributed by atoms with van der Waals surface area (Å²) in [5, 5.41) is 58.7. The predicted octanol–water partition coefficient (Wildman–Crippen LogP) is 3.70. The van der Waals surface area contributed by atoms with Crippen LogP contribution in [0, 0.1) is 0 Å². The fourth-order valence-corrected chi connectivity index (χ4v) is 11.5. The van der Waals surface area contributed by atoms with Crippen LogP contribution in [0.5, 0.6) is 0 Å². The van der Waals surface area contributed by atoms with E-state index in [4.69, 9.17) is 17.2 Å². The molecule has 3 aliphatic heterocycles. The van der Waals surface area contributed by atoms with Gasteiger partial charge in [0.05, 0.1) is 42.0 Å². The van der Waals surface area contributed by atoms with Crippen LogP contribution in [-0.2, 0) is 40.1 Å². The van der Waals surface area contributed by atoms with Gasteiger partial charge in [-0.1, -0.05) is 52.2 Å². The number of primary amides is 3. The number of carbonyl (C=O) groups is 6. The lowest BCUT2D eigenvalue weighted by molar-refractivity contribution is -0.118. The lowest BCUT2D eigenvalue weighted by Gasteiger charge is -2.13. The van der Waals surface area contributed by atoms with E-state index in [2.05, 4.69) is 118 Å². The van der Waals surface area contributed by atoms with Crippen LogP contribution in [0.2, 0.25) is 0 Å². The fraction of sp³-hybridized carbons (Fsp3) is 0.291. The maximum Gasteiger partial charge on any atom is 0.279 e. The van der Waals surface area contributed by atoms with Crippen molar-refractivity contribution in [1.29, 1.82) is 0 Å². The van der Waals surface area contributed by atoms with E-state index in [0.29, 0.717) is 49.7 Å². The van der Waals surface area contributed by atoms with Gasteiger partial charge in [0.15, 0.2) is 15.6 Å². The predicted molar refractivity (Wildman–Crippen MR) is 328 cm³/mol. The first-order valence-corrected chi connectivity index (χ1v) is 30.5. The number of hydrogen-bond acceptors (Lipinski definition) is 27. The van der Waals surface area contributed by atoms with E-state index in [1.165, 1.54) is 22.7 Å². The van der Waals surface area contributed by atoms with E-state index in [1.54, 1.807) is 42.9 Å². The molecular formula is C55H56BrN23O6S3. The molecule has 0 bridgehead atoms. The molecule has 0 aliphatic carbocycles. The standard InChI is InChI=1S/C19H19N7O2S.C18H18N8O2S.C15H17N5O.C3H2BrN3OS/c20-17(28)18-24-25-19(29-18)26-8-6-12(11-26)16-5-4-14(22-23-16)10-15(27)9-13-3-1-2-7-21-13;19-16(28)17-24-25-18(29-17)26-8-6-11(10-26)13-4-5-14(23-22-13)21-15(27)9-12-3-1-2-7-20-12;21-15(9-12-3-1-2-7-17-12)18-14-5-4-13(19-20-14)11-6-8-16-10-11;4-3-7-6-2(9-3)1(5)8/h1-5,7,12H,6,8-11H2,(H2,20,28);1-5,7,11H,6,8-10H2,(H2,19,28)(H,21,23,27);1-5,7,11,16H,6,8-10H2,(H,18,20,21);(H2,5,8). The van der Waals surface area contributed by atoms with Gasteiger partial charge in [-0.05, 0) is 115 Å². The van der Waals surface area contributed by atoms with Gasteiger partial charge in [-0.25, -0.2) is 0 Å². The smallest absolute Gasteiger partial charge is 0.279 e. The summed E-state index contributed by atoms with van der Waals surface area (Å²) in [5.74, 6) is -0.265. The van der Waals surface area contributed by atoms with Crippen molar-refractivity contribution >= 4 is 107 Å². The van der Waals surface area contributed by atoms with Crippen molar-refractivity contribution in [3.8, 4) is 0 Å². The van der Waals surface area contributed by atoms with E-state index >= 15 is 0 Å². The average Bonchev–Trinajstić information content (AvgIpc) is 4.18. The van der Waals surface area contributed by atoms with Crippen molar-refractivity contribution in [1.82, 2.24) is 81.5 Å². The number of anilines is 4. The molecule has 9 aromatic heterocycles. The van der Waals surface area contributed by atoms with Gasteiger partial charge in [0.25, 0.3) is 17.7 Å². The minimum Gasteiger partial charge on any atom is -0.363 e. The van der Waals surface area contributed by atoms with Crippen molar-refractivity contribution in [2.45, 2.75) is 62.7 Å². The second-order valence-electron chi connectivity index (χ2n) is 19.7. The number of rotatable bonds is 18. The Morgan fingerprint density at radius 3 is 1.30 bits per heavy atom. The largest absolute Gasteiger partial charge is 0.363 e. The van der Waals surface area contributed by atoms with Crippen LogP contribution in [-0.4, -0.2) is 151 Å². The number of Topliss-reactive ketones (excluding diaryl/α,β-unsaturated/α-hetero) is 1. The highest BCUT2D eigenvalue weighted by atomic mass is 79.9. The summed E-state index contributed by atoms with van der Waals surface area (Å²) in [6, 6.07) is 27.6. The number of nitrogens with one attached hydrogen (secondary N) is 3. The van der Waals surface area contributed by atoms with E-state index in [9.17, 15) is 28.8 Å². The molecular weight excluding hydrogens is 1250 g/mol. The third-order valence-corrected chi connectivity index (χ3v) is 16.7. The molecule has 3 fully saturated rings. The molecule has 3 unspecified atom stereocenters. The lowest BCUT2D eigenvalue weighted by Crippen LogP contribution is -2.19. The fourth-order valence-electron chi connectivity index (χ4n) is 9.06. The molecule has 88 heavy (non-hydrogen) atoms. The van der Waals surface area contributed by atoms with Crippen LogP contribution in [0.1, 0.15) is 106 Å². The molecule has 9 N–H and O–H groups in total. The number of halogens is 1. The van der Waals surface area contributed by atoms with Gasteiger partial charge in [0.2, 0.25) is 37.1 Å². The number of aromatic nitrogens is 15. The van der Waals surface area contributed by atoms with E-state index in [1.807, 2.05) is 66.7 Å². The Morgan fingerprint density at radius 1 is 0.477 bits per heavy atom. The SMILES string of the molecule is NC(=O)c1nnc(Br)s1.NC(=O)c1nnc(N2CCC(c3ccc(CC(=O)Cc4ccccn4)nn3)C2)s1.NC(=O)c1nnc(N2CCC(c3ccc(NC(=O)Cc4ccccn4)nn3)C2)s1.O=C(Cc1ccccn1)Nc1ccc(C2CCNC2)nn1. The Bertz CT molecular complexity index is 3610. The number of amides is 5. The zero-order valence-electron chi connectivity index (χ0n) is 46.7. The van der Waals surface area contributed by atoms with Crippen LogP contribution >= 0.6 is 49.9 Å². The number of hydrogen-bond donors (Lipinski definition) is 6. The van der Waals surface area contributed by atoms with Crippen molar-refractivity contribution in [3.63, 3.8) is 0 Å². The first kappa shape index (κ1) is 62.9. The third kappa shape index (κ3) is 18.7. The molecule has 0 radical (unpaired) electrons. The Hall–Kier alpha value is -9.57. The molecule has 12 heterocycles. The van der Waals surface area contributed by atoms with Gasteiger partial charge in [-0.2, -0.15) is 20.4 Å². The summed E-state index contributed by atoms with van der Waals surface area (Å²) in [6.45, 7) is 4.97. The van der Waals surface area contributed by atoms with Crippen molar-refractivity contribution in [2.75, 3.05) is 59.7 Å². The molecule has 3 atom stereocenters. The number of nitrogens with zero attached hydrogens (tertiary/aromatic N) is 17. The van der Waals surface area contributed by atoms with Gasteiger partial charge in [-0.15, -0.1) is 40.8 Å². The zero-order valence-corrected chi connectivity index (χ0v) is 50.7. The normalized spacial score (nSPS) is 15.8. The minimum atomic E-state index is -0.573. The van der Waals surface area contributed by atoms with E-state index in [0.717, 1.165) is 91.8 Å². The summed E-state index contributed by atoms with van der Waals surface area (Å²) >= 11 is 6.54. The molecule has 452 valence electrons. The second-order valence-corrected chi connectivity index (χ2v) is 23.9. The first-order chi connectivity index (χ1) is 42.7. The molecule has 5 amide bonds. The minimum absolute atomic E-state index is 0.0549. The maximum atomic E-state index is 12.2. The molecule has 0 aromatic carbocycles. The molecule has 0 spiro atoms. The highest BCUT2D eigenvalue weighted by Crippen LogP contribution is 2.33. The molecule has 0 saturated carbocycles. The van der Waals surface area contributed by atoms with Crippen LogP contribution in [0.4, 0.5) is 21.9 Å². The highest BCUT2D eigenvalue weighted by Gasteiger charge is 2.30. The Kier molecular flexibility index (Phi) is 22.3. The Balaban J connectivity index is 0.000000148. The highest BCUT2D eigenvalue weighted by molar-refractivity contribution is 9.11. The van der Waals surface area contributed by atoms with Crippen LogP contribution in [0.15, 0.2) is 114 Å². The van der Waals surface area contributed by atoms with Gasteiger partial charge in [0.1, 0.15) is 5.78 Å². The molecule has 33 heteroatoms. The monoisotopic (exact) mass is 1310 g/mol. The third-order valence-electron chi connectivity index (χ3n) is 13.4. The average molecular weight is 1310 g/mol. The summed E-state index contributed by atoms with van der Waals surface area (Å²) < 4.78 is 0.566. The van der Waals surface area contributed by atoms with Crippen molar-refractivity contribution in [2.24, 2.45) is 17.2 Å². The van der Waals surface area contributed by atoms with Crippen LogP contribution in [0.25, 0.3) is 0 Å². The number of ketones is 1. The summed E-state index contributed by atoms with van der Waals surface area (Å²) in [7, 11) is 0. The van der Waals surface area contributed by atoms with Crippen molar-refractivity contribution in [3.05, 3.63) is 168 Å². The van der Waals surface area contributed by atoms with Crippen LogP contribution in [0.3, 0.4) is 0 Å². The number of nitrogens with two attached hydrogens (primary N) is 3. The maximum absolute atomic E-state index is 12.2. The quantitative estimate of drug-likeness (QED) is 0.0713. The molecule has 3 saturated heterocycles. The molecule has 3 aliphatic rings. The number of pyridine rings is 3. The topological polar surface area (TPSA) is 416 Å². The summed E-state index contributed by atoms with van der Waals surface area (Å²) in [4.78, 5) is 85.5. The van der Waals surface area contributed by atoms with Gasteiger partial charge in [-0.3, -0.25) is 43.7 Å².